The summed E-state index contributed by atoms with van der Waals surface area (Å²) in [5.41, 5.74) is 7.43. The Bertz CT molecular complexity index is 284. The molecule has 1 aromatic carbocycles. The third kappa shape index (κ3) is 3.11. The lowest BCUT2D eigenvalue weighted by molar-refractivity contribution is 0.600. The summed E-state index contributed by atoms with van der Waals surface area (Å²) in [7, 11) is 0. The van der Waals surface area contributed by atoms with E-state index in [9.17, 15) is 4.39 Å². The highest BCUT2D eigenvalue weighted by Gasteiger charge is 2.02. The molecule has 78 valence electrons. The van der Waals surface area contributed by atoms with Crippen LogP contribution in [0, 0.1) is 5.82 Å². The standard InChI is InChI=1S/C12H18FN/c1-2-10-6-7-12(13)11(9-10)5-3-4-8-14/h6-7,9H,2-5,8,14H2,1H3. The highest BCUT2D eigenvalue weighted by Crippen LogP contribution is 2.13. The molecule has 1 nitrogen and oxygen atoms in total. The molecule has 0 fully saturated rings. The van der Waals surface area contributed by atoms with Gasteiger partial charge in [-0.25, -0.2) is 4.39 Å². The minimum Gasteiger partial charge on any atom is -0.330 e. The fraction of sp³-hybridized carbons (Fsp3) is 0.500. The van der Waals surface area contributed by atoms with Gasteiger partial charge in [0, 0.05) is 0 Å². The fourth-order valence-corrected chi connectivity index (χ4v) is 1.50. The molecule has 2 N–H and O–H groups in total. The van der Waals surface area contributed by atoms with Crippen molar-refractivity contribution in [1.29, 1.82) is 0 Å². The van der Waals surface area contributed by atoms with Crippen LogP contribution in [-0.2, 0) is 12.8 Å². The van der Waals surface area contributed by atoms with Crippen molar-refractivity contribution in [2.45, 2.75) is 32.6 Å². The summed E-state index contributed by atoms with van der Waals surface area (Å²) in [4.78, 5) is 0. The van der Waals surface area contributed by atoms with E-state index in [2.05, 4.69) is 6.92 Å². The molecule has 0 radical (unpaired) electrons. The van der Waals surface area contributed by atoms with E-state index in [1.807, 2.05) is 12.1 Å². The molecule has 0 unspecified atom stereocenters. The van der Waals surface area contributed by atoms with Crippen LogP contribution >= 0.6 is 0 Å². The topological polar surface area (TPSA) is 26.0 Å². The van der Waals surface area contributed by atoms with Crippen LogP contribution in [0.15, 0.2) is 18.2 Å². The normalized spacial score (nSPS) is 10.5. The lowest BCUT2D eigenvalue weighted by atomic mass is 10.0. The van der Waals surface area contributed by atoms with E-state index in [4.69, 9.17) is 5.73 Å². The zero-order valence-corrected chi connectivity index (χ0v) is 8.72. The van der Waals surface area contributed by atoms with Crippen LogP contribution in [-0.4, -0.2) is 6.54 Å². The average molecular weight is 195 g/mol. The number of hydrogen-bond acceptors (Lipinski definition) is 1. The SMILES string of the molecule is CCc1ccc(F)c(CCCCN)c1. The molecule has 0 atom stereocenters. The van der Waals surface area contributed by atoms with Crippen LogP contribution in [0.25, 0.3) is 0 Å². The lowest BCUT2D eigenvalue weighted by Gasteiger charge is -2.05. The van der Waals surface area contributed by atoms with E-state index in [1.165, 1.54) is 5.56 Å². The molecular weight excluding hydrogens is 177 g/mol. The summed E-state index contributed by atoms with van der Waals surface area (Å²) in [6.45, 7) is 2.77. The quantitative estimate of drug-likeness (QED) is 0.718. The summed E-state index contributed by atoms with van der Waals surface area (Å²) in [6.07, 6.45) is 3.71. The van der Waals surface area contributed by atoms with Gasteiger partial charge in [0.1, 0.15) is 5.82 Å². The first-order valence-electron chi connectivity index (χ1n) is 5.25. The van der Waals surface area contributed by atoms with Crippen molar-refractivity contribution in [3.63, 3.8) is 0 Å². The molecule has 0 saturated heterocycles. The monoisotopic (exact) mass is 195 g/mol. The molecule has 0 aliphatic rings. The van der Waals surface area contributed by atoms with Gasteiger partial charge in [0.2, 0.25) is 0 Å². The Kier molecular flexibility index (Phi) is 4.60. The maximum absolute atomic E-state index is 13.3. The van der Waals surface area contributed by atoms with E-state index >= 15 is 0 Å². The van der Waals surface area contributed by atoms with E-state index in [0.717, 1.165) is 31.2 Å². The molecule has 0 heterocycles. The smallest absolute Gasteiger partial charge is 0.126 e. The van der Waals surface area contributed by atoms with E-state index in [-0.39, 0.29) is 5.82 Å². The molecular formula is C12H18FN. The van der Waals surface area contributed by atoms with E-state index < -0.39 is 0 Å². The van der Waals surface area contributed by atoms with Gasteiger partial charge in [0.25, 0.3) is 0 Å². The van der Waals surface area contributed by atoms with Crippen molar-refractivity contribution in [1.82, 2.24) is 0 Å². The second-order valence-electron chi connectivity index (χ2n) is 3.53. The predicted molar refractivity (Wildman–Crippen MR) is 57.8 cm³/mol. The van der Waals surface area contributed by atoms with Gasteiger partial charge in [-0.15, -0.1) is 0 Å². The Morgan fingerprint density at radius 2 is 2.07 bits per heavy atom. The average Bonchev–Trinajstić information content (AvgIpc) is 2.21. The van der Waals surface area contributed by atoms with Gasteiger partial charge in [-0.3, -0.25) is 0 Å². The van der Waals surface area contributed by atoms with E-state index in [0.29, 0.717) is 6.54 Å². The minimum absolute atomic E-state index is 0.0841. The molecule has 1 aromatic rings. The third-order valence-electron chi connectivity index (χ3n) is 2.42. The van der Waals surface area contributed by atoms with Crippen LogP contribution in [0.4, 0.5) is 4.39 Å². The van der Waals surface area contributed by atoms with Crippen molar-refractivity contribution < 1.29 is 4.39 Å². The molecule has 0 aliphatic heterocycles. The van der Waals surface area contributed by atoms with Crippen molar-refractivity contribution in [2.24, 2.45) is 5.73 Å². The van der Waals surface area contributed by atoms with Crippen LogP contribution in [0.1, 0.15) is 30.9 Å². The Hall–Kier alpha value is -0.890. The first-order valence-corrected chi connectivity index (χ1v) is 5.25. The largest absolute Gasteiger partial charge is 0.330 e. The van der Waals surface area contributed by atoms with Crippen LogP contribution in [0.2, 0.25) is 0 Å². The second-order valence-corrected chi connectivity index (χ2v) is 3.53. The molecule has 0 bridgehead atoms. The fourth-order valence-electron chi connectivity index (χ4n) is 1.50. The summed E-state index contributed by atoms with van der Waals surface area (Å²) in [5, 5.41) is 0. The number of aryl methyl sites for hydroxylation is 2. The maximum Gasteiger partial charge on any atom is 0.126 e. The molecule has 14 heavy (non-hydrogen) atoms. The van der Waals surface area contributed by atoms with Crippen molar-refractivity contribution >= 4 is 0 Å². The molecule has 2 heteroatoms. The number of hydrogen-bond donors (Lipinski definition) is 1. The summed E-state index contributed by atoms with van der Waals surface area (Å²) < 4.78 is 13.3. The summed E-state index contributed by atoms with van der Waals surface area (Å²) in [6, 6.07) is 5.38. The van der Waals surface area contributed by atoms with Gasteiger partial charge in [-0.2, -0.15) is 0 Å². The lowest BCUT2D eigenvalue weighted by Crippen LogP contribution is -2.00. The number of rotatable bonds is 5. The zero-order chi connectivity index (χ0) is 10.4. The second kappa shape index (κ2) is 5.76. The van der Waals surface area contributed by atoms with Crippen molar-refractivity contribution in [2.75, 3.05) is 6.54 Å². The number of nitrogens with two attached hydrogens (primary N) is 1. The van der Waals surface area contributed by atoms with Crippen molar-refractivity contribution in [3.8, 4) is 0 Å². The zero-order valence-electron chi connectivity index (χ0n) is 8.72. The summed E-state index contributed by atoms with van der Waals surface area (Å²) in [5.74, 6) is -0.0841. The molecule has 0 spiro atoms. The number of halogens is 1. The first-order chi connectivity index (χ1) is 6.77. The Balaban J connectivity index is 2.64. The van der Waals surface area contributed by atoms with Gasteiger partial charge in [0.15, 0.2) is 0 Å². The summed E-state index contributed by atoms with van der Waals surface area (Å²) >= 11 is 0. The molecule has 0 aliphatic carbocycles. The third-order valence-corrected chi connectivity index (χ3v) is 2.42. The molecule has 0 amide bonds. The number of benzene rings is 1. The van der Waals surface area contributed by atoms with E-state index in [1.54, 1.807) is 6.07 Å². The Morgan fingerprint density at radius 3 is 2.71 bits per heavy atom. The molecule has 0 saturated carbocycles. The van der Waals surface area contributed by atoms with Crippen molar-refractivity contribution in [3.05, 3.63) is 35.1 Å². The van der Waals surface area contributed by atoms with Crippen LogP contribution in [0.5, 0.6) is 0 Å². The highest BCUT2D eigenvalue weighted by molar-refractivity contribution is 5.25. The van der Waals surface area contributed by atoms with Crippen LogP contribution < -0.4 is 5.73 Å². The number of unbranched alkanes of at least 4 members (excludes halogenated alkanes) is 1. The van der Waals surface area contributed by atoms with Gasteiger partial charge in [-0.05, 0) is 49.4 Å². The van der Waals surface area contributed by atoms with Gasteiger partial charge in [0.05, 0.1) is 0 Å². The minimum atomic E-state index is -0.0841. The maximum atomic E-state index is 13.3. The Labute approximate surface area is 85.1 Å². The first kappa shape index (κ1) is 11.2. The van der Waals surface area contributed by atoms with Gasteiger partial charge in [-0.1, -0.05) is 19.1 Å². The highest BCUT2D eigenvalue weighted by atomic mass is 19.1. The predicted octanol–water partition coefficient (Wildman–Crippen LogP) is 2.67. The molecule has 0 aromatic heterocycles. The Morgan fingerprint density at radius 1 is 1.29 bits per heavy atom. The van der Waals surface area contributed by atoms with Gasteiger partial charge < -0.3 is 5.73 Å². The van der Waals surface area contributed by atoms with Gasteiger partial charge >= 0.3 is 0 Å². The molecule has 1 rings (SSSR count). The van der Waals surface area contributed by atoms with Crippen LogP contribution in [0.3, 0.4) is 0 Å².